The number of nitrogens with one attached hydrogen (secondary N) is 1. The molecule has 0 unspecified atom stereocenters. The standard InChI is InChI=1S/C13H16N4OS/c14-4-1-10-16-12-11(13(18)17-10)9-3-6-19-5-2-8(9)7-15-12/h7H,1-6,14H2,(H,15,16,17,18). The number of aromatic nitrogens is 3. The van der Waals surface area contributed by atoms with Crippen LogP contribution in [0.3, 0.4) is 0 Å². The minimum Gasteiger partial charge on any atom is -0.330 e. The van der Waals surface area contributed by atoms with Crippen molar-refractivity contribution >= 4 is 22.8 Å². The van der Waals surface area contributed by atoms with Gasteiger partial charge in [-0.1, -0.05) is 0 Å². The summed E-state index contributed by atoms with van der Waals surface area (Å²) in [5.74, 6) is 2.77. The van der Waals surface area contributed by atoms with Crippen molar-refractivity contribution in [2.45, 2.75) is 19.3 Å². The number of aromatic amines is 1. The third-order valence-corrected chi connectivity index (χ3v) is 4.36. The van der Waals surface area contributed by atoms with Crippen LogP contribution in [0.2, 0.25) is 0 Å². The van der Waals surface area contributed by atoms with Gasteiger partial charge in [0.05, 0.1) is 5.39 Å². The number of nitrogens with zero attached hydrogens (tertiary/aromatic N) is 2. The van der Waals surface area contributed by atoms with Gasteiger partial charge in [-0.2, -0.15) is 11.8 Å². The Hall–Kier alpha value is -1.40. The summed E-state index contributed by atoms with van der Waals surface area (Å²) in [6.07, 6.45) is 4.34. The third-order valence-electron chi connectivity index (χ3n) is 3.37. The number of rotatable bonds is 2. The van der Waals surface area contributed by atoms with E-state index in [9.17, 15) is 4.79 Å². The number of thioether (sulfide) groups is 1. The Labute approximate surface area is 115 Å². The molecular formula is C13H16N4OS. The molecule has 0 amide bonds. The van der Waals surface area contributed by atoms with E-state index in [4.69, 9.17) is 5.73 Å². The van der Waals surface area contributed by atoms with Crippen molar-refractivity contribution in [1.29, 1.82) is 0 Å². The summed E-state index contributed by atoms with van der Waals surface area (Å²) in [6.45, 7) is 0.468. The van der Waals surface area contributed by atoms with E-state index < -0.39 is 0 Å². The molecule has 3 heterocycles. The molecular weight excluding hydrogens is 260 g/mol. The maximum atomic E-state index is 12.3. The highest BCUT2D eigenvalue weighted by atomic mass is 32.2. The predicted octanol–water partition coefficient (Wildman–Crippen LogP) is 0.651. The van der Waals surface area contributed by atoms with E-state index in [1.54, 1.807) is 0 Å². The molecule has 19 heavy (non-hydrogen) atoms. The van der Waals surface area contributed by atoms with Crippen molar-refractivity contribution in [1.82, 2.24) is 15.0 Å². The molecule has 0 saturated carbocycles. The Morgan fingerprint density at radius 2 is 2.21 bits per heavy atom. The summed E-state index contributed by atoms with van der Waals surface area (Å²) in [5.41, 5.74) is 8.29. The highest BCUT2D eigenvalue weighted by Crippen LogP contribution is 2.23. The Kier molecular flexibility index (Phi) is 3.52. The molecule has 1 aliphatic rings. The van der Waals surface area contributed by atoms with Gasteiger partial charge in [-0.3, -0.25) is 4.79 Å². The van der Waals surface area contributed by atoms with E-state index in [0.29, 0.717) is 29.8 Å². The Morgan fingerprint density at radius 3 is 3.05 bits per heavy atom. The SMILES string of the molecule is NCCc1nc2ncc3c(c2c(=O)[nH]1)CCSCC3. The molecule has 5 nitrogen and oxygen atoms in total. The molecule has 3 N–H and O–H groups in total. The van der Waals surface area contributed by atoms with Crippen LogP contribution in [0.25, 0.3) is 11.0 Å². The first-order valence-electron chi connectivity index (χ1n) is 6.47. The molecule has 0 aromatic carbocycles. The van der Waals surface area contributed by atoms with Gasteiger partial charge in [-0.15, -0.1) is 0 Å². The summed E-state index contributed by atoms with van der Waals surface area (Å²) in [6, 6.07) is 0. The van der Waals surface area contributed by atoms with Crippen molar-refractivity contribution in [2.24, 2.45) is 5.73 Å². The van der Waals surface area contributed by atoms with Crippen LogP contribution < -0.4 is 11.3 Å². The van der Waals surface area contributed by atoms with Crippen LogP contribution in [0.5, 0.6) is 0 Å². The number of hydrogen-bond donors (Lipinski definition) is 2. The van der Waals surface area contributed by atoms with Crippen LogP contribution in [0.15, 0.2) is 11.0 Å². The molecule has 2 aromatic heterocycles. The molecule has 0 saturated heterocycles. The molecule has 0 bridgehead atoms. The van der Waals surface area contributed by atoms with Gasteiger partial charge in [0.25, 0.3) is 5.56 Å². The van der Waals surface area contributed by atoms with Gasteiger partial charge in [0.1, 0.15) is 5.82 Å². The smallest absolute Gasteiger partial charge is 0.260 e. The lowest BCUT2D eigenvalue weighted by Crippen LogP contribution is -2.17. The van der Waals surface area contributed by atoms with Crippen LogP contribution in [0.1, 0.15) is 17.0 Å². The van der Waals surface area contributed by atoms with Crippen LogP contribution in [-0.4, -0.2) is 33.0 Å². The first-order chi connectivity index (χ1) is 9.29. The van der Waals surface area contributed by atoms with Gasteiger partial charge >= 0.3 is 0 Å². The number of pyridine rings is 1. The van der Waals surface area contributed by atoms with Crippen LogP contribution >= 0.6 is 11.8 Å². The van der Waals surface area contributed by atoms with Gasteiger partial charge in [0.15, 0.2) is 5.65 Å². The Morgan fingerprint density at radius 1 is 1.37 bits per heavy atom. The second-order valence-electron chi connectivity index (χ2n) is 4.62. The molecule has 0 radical (unpaired) electrons. The number of nitrogens with two attached hydrogens (primary N) is 1. The first kappa shape index (κ1) is 12.6. The highest BCUT2D eigenvalue weighted by Gasteiger charge is 2.16. The molecule has 0 spiro atoms. The van der Waals surface area contributed by atoms with E-state index in [-0.39, 0.29) is 5.56 Å². The normalized spacial score (nSPS) is 15.2. The summed E-state index contributed by atoms with van der Waals surface area (Å²) >= 11 is 1.92. The zero-order chi connectivity index (χ0) is 13.2. The van der Waals surface area contributed by atoms with Crippen molar-refractivity contribution in [3.63, 3.8) is 0 Å². The first-order valence-corrected chi connectivity index (χ1v) is 7.62. The van der Waals surface area contributed by atoms with Crippen LogP contribution in [-0.2, 0) is 19.3 Å². The second kappa shape index (κ2) is 5.30. The lowest BCUT2D eigenvalue weighted by atomic mass is 10.0. The number of fused-ring (bicyclic) bond motifs is 3. The maximum absolute atomic E-state index is 12.3. The van der Waals surface area contributed by atoms with E-state index in [2.05, 4.69) is 15.0 Å². The van der Waals surface area contributed by atoms with E-state index in [0.717, 1.165) is 29.9 Å². The van der Waals surface area contributed by atoms with Gasteiger partial charge in [0, 0.05) is 12.6 Å². The second-order valence-corrected chi connectivity index (χ2v) is 5.85. The van der Waals surface area contributed by atoms with Crippen LogP contribution in [0.4, 0.5) is 0 Å². The van der Waals surface area contributed by atoms with Crippen molar-refractivity contribution < 1.29 is 0 Å². The fraction of sp³-hybridized carbons (Fsp3) is 0.462. The Bertz CT molecular complexity index is 667. The summed E-state index contributed by atoms with van der Waals surface area (Å²) in [7, 11) is 0. The Balaban J connectivity index is 2.23. The number of H-pyrrole nitrogens is 1. The molecule has 3 rings (SSSR count). The minimum atomic E-state index is -0.0790. The largest absolute Gasteiger partial charge is 0.330 e. The van der Waals surface area contributed by atoms with Gasteiger partial charge in [-0.25, -0.2) is 9.97 Å². The van der Waals surface area contributed by atoms with Gasteiger partial charge in [-0.05, 0) is 42.0 Å². The molecule has 2 aromatic rings. The molecule has 0 aliphatic carbocycles. The zero-order valence-corrected chi connectivity index (χ0v) is 11.4. The van der Waals surface area contributed by atoms with E-state index in [1.807, 2.05) is 18.0 Å². The van der Waals surface area contributed by atoms with E-state index >= 15 is 0 Å². The molecule has 100 valence electrons. The maximum Gasteiger partial charge on any atom is 0.260 e. The average Bonchev–Trinajstić information content (AvgIpc) is 2.63. The zero-order valence-electron chi connectivity index (χ0n) is 10.6. The average molecular weight is 276 g/mol. The number of aryl methyl sites for hydroxylation is 2. The van der Waals surface area contributed by atoms with Gasteiger partial charge < -0.3 is 10.7 Å². The highest BCUT2D eigenvalue weighted by molar-refractivity contribution is 7.99. The monoisotopic (exact) mass is 276 g/mol. The third kappa shape index (κ3) is 2.37. The fourth-order valence-electron chi connectivity index (χ4n) is 2.46. The summed E-state index contributed by atoms with van der Waals surface area (Å²) < 4.78 is 0. The topological polar surface area (TPSA) is 84.7 Å². The number of hydrogen-bond acceptors (Lipinski definition) is 5. The molecule has 1 aliphatic heterocycles. The predicted molar refractivity (Wildman–Crippen MR) is 77.7 cm³/mol. The van der Waals surface area contributed by atoms with E-state index in [1.165, 1.54) is 5.56 Å². The summed E-state index contributed by atoms with van der Waals surface area (Å²) in [4.78, 5) is 23.9. The van der Waals surface area contributed by atoms with Crippen molar-refractivity contribution in [3.05, 3.63) is 33.5 Å². The van der Waals surface area contributed by atoms with Crippen molar-refractivity contribution in [2.75, 3.05) is 18.1 Å². The molecule has 0 fully saturated rings. The summed E-state index contributed by atoms with van der Waals surface area (Å²) in [5, 5.41) is 0.667. The fourth-order valence-corrected chi connectivity index (χ4v) is 3.38. The molecule has 6 heteroatoms. The van der Waals surface area contributed by atoms with Gasteiger partial charge in [0.2, 0.25) is 0 Å². The van der Waals surface area contributed by atoms with Crippen LogP contribution in [0, 0.1) is 0 Å². The lowest BCUT2D eigenvalue weighted by Gasteiger charge is -2.08. The molecule has 0 atom stereocenters. The quantitative estimate of drug-likeness (QED) is 0.841. The van der Waals surface area contributed by atoms with Crippen molar-refractivity contribution in [3.8, 4) is 0 Å². The lowest BCUT2D eigenvalue weighted by molar-refractivity contribution is 0.864. The minimum absolute atomic E-state index is 0.0790.